The summed E-state index contributed by atoms with van der Waals surface area (Å²) in [5.74, 6) is 0. The lowest BCUT2D eigenvalue weighted by Crippen LogP contribution is -2.25. The molecule has 0 atom stereocenters. The molecule has 0 saturated heterocycles. The lowest BCUT2D eigenvalue weighted by molar-refractivity contribution is 0.582. The van der Waals surface area contributed by atoms with Crippen LogP contribution in [0.2, 0.25) is 0 Å². The number of nitrogens with zero attached hydrogens (tertiary/aromatic N) is 1. The molecule has 0 unspecified atom stereocenters. The Bertz CT molecular complexity index is 654. The molecule has 0 saturated carbocycles. The SMILES string of the molecule is CCNCc1cc(S(=O)(=O)NCCc2ccncc2)cs1. The first-order valence-corrected chi connectivity index (χ1v) is 9.15. The first kappa shape index (κ1) is 16.1. The number of hydrogen-bond donors (Lipinski definition) is 2. The van der Waals surface area contributed by atoms with Crippen LogP contribution in [0.1, 0.15) is 17.4 Å². The van der Waals surface area contributed by atoms with Gasteiger partial charge in [-0.05, 0) is 36.7 Å². The zero-order chi connectivity index (χ0) is 15.1. The van der Waals surface area contributed by atoms with E-state index in [-0.39, 0.29) is 0 Å². The summed E-state index contributed by atoms with van der Waals surface area (Å²) in [7, 11) is -3.42. The third-order valence-corrected chi connectivity index (χ3v) is 5.47. The van der Waals surface area contributed by atoms with Crippen molar-refractivity contribution in [2.24, 2.45) is 0 Å². The lowest BCUT2D eigenvalue weighted by atomic mass is 10.2. The molecule has 2 heterocycles. The van der Waals surface area contributed by atoms with E-state index in [0.29, 0.717) is 24.4 Å². The highest BCUT2D eigenvalue weighted by Crippen LogP contribution is 2.19. The van der Waals surface area contributed by atoms with Crippen molar-refractivity contribution < 1.29 is 8.42 Å². The van der Waals surface area contributed by atoms with Crippen LogP contribution in [0.15, 0.2) is 40.9 Å². The minimum absolute atomic E-state index is 0.343. The molecule has 2 rings (SSSR count). The summed E-state index contributed by atoms with van der Waals surface area (Å²) >= 11 is 1.46. The van der Waals surface area contributed by atoms with Crippen molar-refractivity contribution >= 4 is 21.4 Å². The maximum atomic E-state index is 12.2. The number of pyridine rings is 1. The molecular weight excluding hydrogens is 306 g/mol. The van der Waals surface area contributed by atoms with E-state index in [2.05, 4.69) is 15.0 Å². The molecule has 21 heavy (non-hydrogen) atoms. The van der Waals surface area contributed by atoms with Crippen molar-refractivity contribution in [3.8, 4) is 0 Å². The molecule has 2 N–H and O–H groups in total. The minimum Gasteiger partial charge on any atom is -0.312 e. The van der Waals surface area contributed by atoms with Crippen molar-refractivity contribution in [3.05, 3.63) is 46.4 Å². The number of sulfonamides is 1. The van der Waals surface area contributed by atoms with Gasteiger partial charge >= 0.3 is 0 Å². The first-order chi connectivity index (χ1) is 10.1. The van der Waals surface area contributed by atoms with Crippen LogP contribution < -0.4 is 10.0 Å². The van der Waals surface area contributed by atoms with E-state index in [1.54, 1.807) is 23.8 Å². The molecule has 0 spiro atoms. The van der Waals surface area contributed by atoms with Gasteiger partial charge in [0.1, 0.15) is 0 Å². The van der Waals surface area contributed by atoms with E-state index < -0.39 is 10.0 Å². The van der Waals surface area contributed by atoms with Crippen LogP contribution in [0.3, 0.4) is 0 Å². The molecule has 0 fully saturated rings. The second-order valence-corrected chi connectivity index (χ2v) is 7.30. The van der Waals surface area contributed by atoms with E-state index >= 15 is 0 Å². The third kappa shape index (κ3) is 4.89. The lowest BCUT2D eigenvalue weighted by Gasteiger charge is -2.05. The number of aromatic nitrogens is 1. The van der Waals surface area contributed by atoms with Crippen LogP contribution in [-0.2, 0) is 23.0 Å². The molecule has 0 radical (unpaired) electrons. The van der Waals surface area contributed by atoms with Crippen LogP contribution >= 0.6 is 11.3 Å². The van der Waals surface area contributed by atoms with E-state index in [0.717, 1.165) is 17.0 Å². The number of thiophene rings is 1. The Hall–Kier alpha value is -1.28. The summed E-state index contributed by atoms with van der Waals surface area (Å²) in [6.45, 7) is 3.97. The van der Waals surface area contributed by atoms with Crippen molar-refractivity contribution in [3.63, 3.8) is 0 Å². The monoisotopic (exact) mass is 325 g/mol. The maximum absolute atomic E-state index is 12.2. The Morgan fingerprint density at radius 2 is 2.05 bits per heavy atom. The molecule has 0 amide bonds. The van der Waals surface area contributed by atoms with Gasteiger partial charge in [0, 0.05) is 35.7 Å². The second kappa shape index (κ2) is 7.65. The maximum Gasteiger partial charge on any atom is 0.241 e. The summed E-state index contributed by atoms with van der Waals surface area (Å²) < 4.78 is 27.0. The third-order valence-electron chi connectivity index (χ3n) is 2.94. The molecule has 5 nitrogen and oxygen atoms in total. The van der Waals surface area contributed by atoms with Gasteiger partial charge in [-0.1, -0.05) is 6.92 Å². The quantitative estimate of drug-likeness (QED) is 0.776. The van der Waals surface area contributed by atoms with Crippen LogP contribution in [0, 0.1) is 0 Å². The van der Waals surface area contributed by atoms with E-state index in [1.165, 1.54) is 11.3 Å². The molecule has 114 valence electrons. The number of hydrogen-bond acceptors (Lipinski definition) is 5. The smallest absolute Gasteiger partial charge is 0.241 e. The highest BCUT2D eigenvalue weighted by molar-refractivity contribution is 7.89. The molecule has 0 bridgehead atoms. The van der Waals surface area contributed by atoms with Gasteiger partial charge in [0.2, 0.25) is 10.0 Å². The van der Waals surface area contributed by atoms with Gasteiger partial charge in [0.05, 0.1) is 4.90 Å². The Morgan fingerprint density at radius 1 is 1.29 bits per heavy atom. The van der Waals surface area contributed by atoms with Gasteiger partial charge in [-0.2, -0.15) is 0 Å². The van der Waals surface area contributed by atoms with Crippen molar-refractivity contribution in [2.75, 3.05) is 13.1 Å². The van der Waals surface area contributed by atoms with E-state index in [1.807, 2.05) is 19.1 Å². The van der Waals surface area contributed by atoms with Crippen LogP contribution in [-0.4, -0.2) is 26.5 Å². The standard InChI is InChI=1S/C14H19N3O2S2/c1-2-15-10-13-9-14(11-20-13)21(18,19)17-8-5-12-3-6-16-7-4-12/h3-4,6-7,9,11,15,17H,2,5,8,10H2,1H3. The fraction of sp³-hybridized carbons (Fsp3) is 0.357. The highest BCUT2D eigenvalue weighted by atomic mass is 32.2. The van der Waals surface area contributed by atoms with Crippen molar-refractivity contribution in [2.45, 2.75) is 24.8 Å². The van der Waals surface area contributed by atoms with E-state index in [9.17, 15) is 8.42 Å². The molecule has 0 aliphatic heterocycles. The number of rotatable bonds is 8. The van der Waals surface area contributed by atoms with Gasteiger partial charge < -0.3 is 5.32 Å². The topological polar surface area (TPSA) is 71.1 Å². The van der Waals surface area contributed by atoms with Gasteiger partial charge in [-0.25, -0.2) is 13.1 Å². The largest absolute Gasteiger partial charge is 0.312 e. The molecule has 7 heteroatoms. The van der Waals surface area contributed by atoms with Crippen molar-refractivity contribution in [1.29, 1.82) is 0 Å². The van der Waals surface area contributed by atoms with Gasteiger partial charge in [0.15, 0.2) is 0 Å². The Labute approximate surface area is 129 Å². The predicted molar refractivity (Wildman–Crippen MR) is 84.8 cm³/mol. The summed E-state index contributed by atoms with van der Waals surface area (Å²) in [4.78, 5) is 5.30. The van der Waals surface area contributed by atoms with Gasteiger partial charge in [-0.3, -0.25) is 4.98 Å². The normalized spacial score (nSPS) is 11.7. The van der Waals surface area contributed by atoms with Crippen LogP contribution in [0.5, 0.6) is 0 Å². The van der Waals surface area contributed by atoms with Crippen molar-refractivity contribution in [1.82, 2.24) is 15.0 Å². The molecule has 2 aromatic rings. The molecule has 0 aliphatic carbocycles. The summed E-state index contributed by atoms with van der Waals surface area (Å²) in [6.07, 6.45) is 4.06. The average molecular weight is 325 g/mol. The first-order valence-electron chi connectivity index (χ1n) is 6.78. The molecule has 0 aromatic carbocycles. The summed E-state index contributed by atoms with van der Waals surface area (Å²) in [5.41, 5.74) is 1.06. The van der Waals surface area contributed by atoms with Crippen LogP contribution in [0.25, 0.3) is 0 Å². The predicted octanol–water partition coefficient (Wildman–Crippen LogP) is 1.77. The van der Waals surface area contributed by atoms with E-state index in [4.69, 9.17) is 0 Å². The van der Waals surface area contributed by atoms with Gasteiger partial charge in [0.25, 0.3) is 0 Å². The fourth-order valence-corrected chi connectivity index (χ4v) is 4.08. The Balaban J connectivity index is 1.90. The Kier molecular flexibility index (Phi) is 5.86. The van der Waals surface area contributed by atoms with Gasteiger partial charge in [-0.15, -0.1) is 11.3 Å². The highest BCUT2D eigenvalue weighted by Gasteiger charge is 2.15. The molecular formula is C14H19N3O2S2. The second-order valence-electron chi connectivity index (χ2n) is 4.53. The molecule has 2 aromatic heterocycles. The summed E-state index contributed by atoms with van der Waals surface area (Å²) in [5, 5.41) is 4.87. The molecule has 0 aliphatic rings. The zero-order valence-corrected chi connectivity index (χ0v) is 13.5. The average Bonchev–Trinajstić information content (AvgIpc) is 2.96. The van der Waals surface area contributed by atoms with Crippen LogP contribution in [0.4, 0.5) is 0 Å². The Morgan fingerprint density at radius 3 is 2.76 bits per heavy atom. The zero-order valence-electron chi connectivity index (χ0n) is 11.9. The summed E-state index contributed by atoms with van der Waals surface area (Å²) in [6, 6.07) is 5.49. The minimum atomic E-state index is -3.42. The fourth-order valence-electron chi connectivity index (χ4n) is 1.80. The number of nitrogens with one attached hydrogen (secondary N) is 2.